The van der Waals surface area contributed by atoms with Crippen LogP contribution in [0.1, 0.15) is 12.5 Å². The number of hydrogen-bond donors (Lipinski definition) is 1. The Morgan fingerprint density at radius 2 is 2.00 bits per heavy atom. The fraction of sp³-hybridized carbons (Fsp3) is 0.235. The van der Waals surface area contributed by atoms with Crippen LogP contribution in [-0.4, -0.2) is 24.0 Å². The Labute approximate surface area is 143 Å². The first-order valence-electron chi connectivity index (χ1n) is 7.42. The fourth-order valence-corrected chi connectivity index (χ4v) is 2.15. The van der Waals surface area contributed by atoms with Gasteiger partial charge in [-0.15, -0.1) is 0 Å². The molecule has 132 valence electrons. The quantitative estimate of drug-likeness (QED) is 0.614. The van der Waals surface area contributed by atoms with Crippen LogP contribution >= 0.6 is 0 Å². The Kier molecular flexibility index (Phi) is 5.89. The van der Waals surface area contributed by atoms with Crippen molar-refractivity contribution in [2.75, 3.05) is 7.11 Å². The number of benzene rings is 2. The first kappa shape index (κ1) is 18.2. The molecule has 0 heterocycles. The summed E-state index contributed by atoms with van der Waals surface area (Å²) in [4.78, 5) is 22.4. The smallest absolute Gasteiger partial charge is 0.311 e. The van der Waals surface area contributed by atoms with E-state index < -0.39 is 28.4 Å². The predicted molar refractivity (Wildman–Crippen MR) is 88.0 cm³/mol. The number of nitro benzene ring substituents is 1. The third-order valence-corrected chi connectivity index (χ3v) is 3.44. The lowest BCUT2D eigenvalue weighted by Crippen LogP contribution is -2.36. The van der Waals surface area contributed by atoms with Crippen LogP contribution in [0.3, 0.4) is 0 Å². The molecule has 0 bridgehead atoms. The molecule has 0 spiro atoms. The summed E-state index contributed by atoms with van der Waals surface area (Å²) < 4.78 is 23.8. The van der Waals surface area contributed by atoms with Gasteiger partial charge in [0.2, 0.25) is 5.75 Å². The number of carbonyl (C=O) groups is 1. The topological polar surface area (TPSA) is 90.7 Å². The summed E-state index contributed by atoms with van der Waals surface area (Å²) in [7, 11) is 1.52. The van der Waals surface area contributed by atoms with Crippen molar-refractivity contribution >= 4 is 11.6 Å². The molecule has 2 aromatic carbocycles. The number of ether oxygens (including phenoxy) is 2. The molecular formula is C17H17FN2O5. The largest absolute Gasteiger partial charge is 0.496 e. The maximum absolute atomic E-state index is 13.3. The molecule has 0 radical (unpaired) electrons. The van der Waals surface area contributed by atoms with Gasteiger partial charge >= 0.3 is 5.69 Å². The van der Waals surface area contributed by atoms with Crippen LogP contribution in [-0.2, 0) is 11.3 Å². The zero-order valence-electron chi connectivity index (χ0n) is 13.7. The Morgan fingerprint density at radius 3 is 2.68 bits per heavy atom. The average Bonchev–Trinajstić information content (AvgIpc) is 2.59. The number of nitrogens with one attached hydrogen (secondary N) is 1. The SMILES string of the molecule is COc1ccccc1CNC(=O)C(C)Oc1cc(F)ccc1[N+](=O)[O-]. The van der Waals surface area contributed by atoms with Gasteiger partial charge in [0.1, 0.15) is 11.6 Å². The second kappa shape index (κ2) is 8.09. The van der Waals surface area contributed by atoms with Crippen LogP contribution in [0.15, 0.2) is 42.5 Å². The van der Waals surface area contributed by atoms with Gasteiger partial charge in [-0.3, -0.25) is 14.9 Å². The standard InChI is InChI=1S/C17H17FN2O5/c1-11(25-16-9-13(18)7-8-14(16)20(22)23)17(21)19-10-12-5-3-4-6-15(12)24-2/h3-9,11H,10H2,1-2H3,(H,19,21). The molecule has 25 heavy (non-hydrogen) atoms. The molecule has 2 rings (SSSR count). The van der Waals surface area contributed by atoms with E-state index in [1.807, 2.05) is 0 Å². The third-order valence-electron chi connectivity index (χ3n) is 3.44. The Hall–Kier alpha value is -3.16. The highest BCUT2D eigenvalue weighted by Crippen LogP contribution is 2.28. The van der Waals surface area contributed by atoms with E-state index in [0.717, 1.165) is 23.8 Å². The van der Waals surface area contributed by atoms with Crippen molar-refractivity contribution in [1.82, 2.24) is 5.32 Å². The van der Waals surface area contributed by atoms with Gasteiger partial charge in [0, 0.05) is 24.2 Å². The molecule has 0 fully saturated rings. The number of carbonyl (C=O) groups excluding carboxylic acids is 1. The van der Waals surface area contributed by atoms with Crippen molar-refractivity contribution < 1.29 is 23.6 Å². The van der Waals surface area contributed by atoms with E-state index in [-0.39, 0.29) is 12.3 Å². The van der Waals surface area contributed by atoms with Gasteiger partial charge in [0.15, 0.2) is 6.10 Å². The molecule has 0 aromatic heterocycles. The van der Waals surface area contributed by atoms with E-state index in [4.69, 9.17) is 9.47 Å². The van der Waals surface area contributed by atoms with Crippen molar-refractivity contribution in [3.8, 4) is 11.5 Å². The van der Waals surface area contributed by atoms with Crippen LogP contribution in [0.2, 0.25) is 0 Å². The second-order valence-electron chi connectivity index (χ2n) is 5.16. The molecule has 0 aliphatic carbocycles. The van der Waals surface area contributed by atoms with Crippen LogP contribution in [0, 0.1) is 15.9 Å². The molecule has 0 saturated heterocycles. The van der Waals surface area contributed by atoms with Crippen molar-refractivity contribution in [3.63, 3.8) is 0 Å². The highest BCUT2D eigenvalue weighted by atomic mass is 19.1. The van der Waals surface area contributed by atoms with E-state index in [2.05, 4.69) is 5.32 Å². The van der Waals surface area contributed by atoms with E-state index in [0.29, 0.717) is 5.75 Å². The van der Waals surface area contributed by atoms with Gasteiger partial charge in [0.05, 0.1) is 12.0 Å². The summed E-state index contributed by atoms with van der Waals surface area (Å²) in [5.41, 5.74) is 0.355. The van der Waals surface area contributed by atoms with Gasteiger partial charge in [-0.05, 0) is 19.1 Å². The molecule has 0 aliphatic heterocycles. The number of methoxy groups -OCH3 is 1. The Morgan fingerprint density at radius 1 is 1.28 bits per heavy atom. The lowest BCUT2D eigenvalue weighted by Gasteiger charge is -2.15. The molecular weight excluding hydrogens is 331 g/mol. The van der Waals surface area contributed by atoms with Gasteiger partial charge in [-0.25, -0.2) is 4.39 Å². The summed E-state index contributed by atoms with van der Waals surface area (Å²) in [6.45, 7) is 1.62. The van der Waals surface area contributed by atoms with E-state index in [9.17, 15) is 19.3 Å². The van der Waals surface area contributed by atoms with Crippen molar-refractivity contribution in [2.45, 2.75) is 19.6 Å². The zero-order valence-corrected chi connectivity index (χ0v) is 13.7. The van der Waals surface area contributed by atoms with Crippen LogP contribution in [0.25, 0.3) is 0 Å². The minimum Gasteiger partial charge on any atom is -0.496 e. The molecule has 7 nitrogen and oxygen atoms in total. The van der Waals surface area contributed by atoms with Gasteiger partial charge in [-0.2, -0.15) is 0 Å². The summed E-state index contributed by atoms with van der Waals surface area (Å²) in [6.07, 6.45) is -1.05. The minimum absolute atomic E-state index is 0.196. The van der Waals surface area contributed by atoms with Crippen molar-refractivity contribution in [3.05, 3.63) is 64.0 Å². The number of amides is 1. The van der Waals surface area contributed by atoms with Crippen LogP contribution < -0.4 is 14.8 Å². The van der Waals surface area contributed by atoms with Crippen molar-refractivity contribution in [1.29, 1.82) is 0 Å². The van der Waals surface area contributed by atoms with E-state index in [1.165, 1.54) is 14.0 Å². The molecule has 1 unspecified atom stereocenters. The summed E-state index contributed by atoms with van der Waals surface area (Å²) in [5.74, 6) is -0.867. The van der Waals surface area contributed by atoms with Crippen LogP contribution in [0.5, 0.6) is 11.5 Å². The number of para-hydroxylation sites is 1. The Bertz CT molecular complexity index is 781. The number of rotatable bonds is 7. The monoisotopic (exact) mass is 348 g/mol. The first-order valence-corrected chi connectivity index (χ1v) is 7.42. The van der Waals surface area contributed by atoms with Crippen LogP contribution in [0.4, 0.5) is 10.1 Å². The minimum atomic E-state index is -1.05. The van der Waals surface area contributed by atoms with Gasteiger partial charge in [-0.1, -0.05) is 18.2 Å². The number of nitrogens with zero attached hydrogens (tertiary/aromatic N) is 1. The maximum atomic E-state index is 13.3. The predicted octanol–water partition coefficient (Wildman–Crippen LogP) is 2.83. The summed E-state index contributed by atoms with van der Waals surface area (Å²) in [5, 5.41) is 13.6. The number of nitro groups is 1. The number of halogens is 1. The maximum Gasteiger partial charge on any atom is 0.311 e. The zero-order chi connectivity index (χ0) is 18.4. The third kappa shape index (κ3) is 4.66. The van der Waals surface area contributed by atoms with E-state index >= 15 is 0 Å². The summed E-state index contributed by atoms with van der Waals surface area (Å²) >= 11 is 0. The lowest BCUT2D eigenvalue weighted by atomic mass is 10.2. The first-order chi connectivity index (χ1) is 11.9. The molecule has 1 atom stereocenters. The Balaban J connectivity index is 2.03. The molecule has 0 saturated carbocycles. The fourth-order valence-electron chi connectivity index (χ4n) is 2.15. The highest BCUT2D eigenvalue weighted by Gasteiger charge is 2.22. The van der Waals surface area contributed by atoms with Crippen molar-refractivity contribution in [2.24, 2.45) is 0 Å². The van der Waals surface area contributed by atoms with Gasteiger partial charge in [0.25, 0.3) is 5.91 Å². The normalized spacial score (nSPS) is 11.5. The van der Waals surface area contributed by atoms with E-state index in [1.54, 1.807) is 24.3 Å². The molecule has 1 amide bonds. The second-order valence-corrected chi connectivity index (χ2v) is 5.16. The lowest BCUT2D eigenvalue weighted by molar-refractivity contribution is -0.386. The molecule has 1 N–H and O–H groups in total. The average molecular weight is 348 g/mol. The summed E-state index contributed by atoms with van der Waals surface area (Å²) in [6, 6.07) is 9.99. The van der Waals surface area contributed by atoms with Gasteiger partial charge < -0.3 is 14.8 Å². The highest BCUT2D eigenvalue weighted by molar-refractivity contribution is 5.80. The molecule has 2 aromatic rings. The number of hydrogen-bond acceptors (Lipinski definition) is 5. The molecule has 8 heteroatoms. The molecule has 0 aliphatic rings.